The van der Waals surface area contributed by atoms with E-state index in [4.69, 9.17) is 5.73 Å². The van der Waals surface area contributed by atoms with Crippen LogP contribution in [0.1, 0.15) is 18.0 Å². The lowest BCUT2D eigenvalue weighted by molar-refractivity contribution is 0.482. The lowest BCUT2D eigenvalue weighted by atomic mass is 9.93. The molecule has 1 aromatic carbocycles. The van der Waals surface area contributed by atoms with E-state index >= 15 is 0 Å². The summed E-state index contributed by atoms with van der Waals surface area (Å²) in [6, 6.07) is 8.60. The highest BCUT2D eigenvalue weighted by Gasteiger charge is 2.23. The molecule has 1 aliphatic rings. The first kappa shape index (κ1) is 10.5. The van der Waals surface area contributed by atoms with Gasteiger partial charge in [0.05, 0.1) is 0 Å². The molecule has 0 amide bonds. The van der Waals surface area contributed by atoms with Crippen LogP contribution in [0.4, 0.5) is 0 Å². The van der Waals surface area contributed by atoms with Crippen LogP contribution in [-0.4, -0.2) is 11.5 Å². The van der Waals surface area contributed by atoms with Gasteiger partial charge in [-0.25, -0.2) is 0 Å². The first-order chi connectivity index (χ1) is 6.77. The molecule has 1 aliphatic heterocycles. The summed E-state index contributed by atoms with van der Waals surface area (Å²) in [5.74, 6) is 3.16. The van der Waals surface area contributed by atoms with E-state index < -0.39 is 0 Å². The highest BCUT2D eigenvalue weighted by molar-refractivity contribution is 9.10. The maximum absolute atomic E-state index is 6.22. The molecule has 1 nitrogen and oxygen atoms in total. The first-order valence-corrected chi connectivity index (χ1v) is 6.81. The van der Waals surface area contributed by atoms with E-state index in [2.05, 4.69) is 40.2 Å². The quantitative estimate of drug-likeness (QED) is 0.894. The van der Waals surface area contributed by atoms with Crippen molar-refractivity contribution >= 4 is 27.7 Å². The zero-order valence-electron chi connectivity index (χ0n) is 7.95. The summed E-state index contributed by atoms with van der Waals surface area (Å²) in [4.78, 5) is 0. The van der Waals surface area contributed by atoms with Gasteiger partial charge in [-0.1, -0.05) is 28.1 Å². The standard InChI is InChI=1S/C11H14BrNS/c12-10-3-1-8(2-4-10)11(13)9-5-6-14-7-9/h1-4,9,11H,5-7,13H2. The van der Waals surface area contributed by atoms with Crippen LogP contribution in [-0.2, 0) is 0 Å². The fraction of sp³-hybridized carbons (Fsp3) is 0.455. The summed E-state index contributed by atoms with van der Waals surface area (Å²) in [5, 5.41) is 0. The topological polar surface area (TPSA) is 26.0 Å². The van der Waals surface area contributed by atoms with E-state index in [0.29, 0.717) is 5.92 Å². The maximum Gasteiger partial charge on any atom is 0.0331 e. The van der Waals surface area contributed by atoms with Gasteiger partial charge in [0.25, 0.3) is 0 Å². The second-order valence-electron chi connectivity index (χ2n) is 3.70. The average molecular weight is 272 g/mol. The lowest BCUT2D eigenvalue weighted by Gasteiger charge is -2.18. The Morgan fingerprint density at radius 1 is 1.36 bits per heavy atom. The van der Waals surface area contributed by atoms with Crippen LogP contribution in [0.15, 0.2) is 28.7 Å². The van der Waals surface area contributed by atoms with Crippen LogP contribution in [0.3, 0.4) is 0 Å². The highest BCUT2D eigenvalue weighted by Crippen LogP contribution is 2.32. The van der Waals surface area contributed by atoms with E-state index in [1.165, 1.54) is 23.5 Å². The van der Waals surface area contributed by atoms with E-state index in [-0.39, 0.29) is 6.04 Å². The van der Waals surface area contributed by atoms with Crippen LogP contribution in [0.25, 0.3) is 0 Å². The Balaban J connectivity index is 2.09. The molecule has 0 bridgehead atoms. The number of rotatable bonds is 2. The van der Waals surface area contributed by atoms with Crippen LogP contribution in [0.5, 0.6) is 0 Å². The van der Waals surface area contributed by atoms with Gasteiger partial charge in [0.2, 0.25) is 0 Å². The molecule has 2 atom stereocenters. The van der Waals surface area contributed by atoms with E-state index in [9.17, 15) is 0 Å². The second kappa shape index (κ2) is 4.69. The fourth-order valence-corrected chi connectivity index (χ4v) is 3.37. The monoisotopic (exact) mass is 271 g/mol. The predicted molar refractivity (Wildman–Crippen MR) is 66.5 cm³/mol. The average Bonchev–Trinajstić information content (AvgIpc) is 2.71. The van der Waals surface area contributed by atoms with E-state index in [1.54, 1.807) is 0 Å². The molecule has 1 saturated heterocycles. The van der Waals surface area contributed by atoms with Gasteiger partial charge in [0, 0.05) is 10.5 Å². The Hall–Kier alpha value is 0.01000. The normalized spacial score (nSPS) is 23.7. The molecular weight excluding hydrogens is 258 g/mol. The largest absolute Gasteiger partial charge is 0.324 e. The fourth-order valence-electron chi connectivity index (χ4n) is 1.79. The van der Waals surface area contributed by atoms with E-state index in [0.717, 1.165) is 4.47 Å². The van der Waals surface area contributed by atoms with Gasteiger partial charge in [0.1, 0.15) is 0 Å². The molecule has 0 radical (unpaired) electrons. The van der Waals surface area contributed by atoms with Crippen LogP contribution in [0.2, 0.25) is 0 Å². The van der Waals surface area contributed by atoms with Crippen LogP contribution in [0, 0.1) is 5.92 Å². The van der Waals surface area contributed by atoms with Gasteiger partial charge < -0.3 is 5.73 Å². The van der Waals surface area contributed by atoms with E-state index in [1.807, 2.05) is 11.8 Å². The SMILES string of the molecule is NC(c1ccc(Br)cc1)C1CCSC1. The van der Waals surface area contributed by atoms with Crippen LogP contribution < -0.4 is 5.73 Å². The van der Waals surface area contributed by atoms with Gasteiger partial charge >= 0.3 is 0 Å². The molecule has 3 heteroatoms. The number of nitrogens with two attached hydrogens (primary N) is 1. The minimum atomic E-state index is 0.220. The molecule has 0 aliphatic carbocycles. The number of hydrogen-bond donors (Lipinski definition) is 1. The summed E-state index contributed by atoms with van der Waals surface area (Å²) >= 11 is 5.45. The van der Waals surface area contributed by atoms with Gasteiger partial charge in [-0.2, -0.15) is 11.8 Å². The summed E-state index contributed by atoms with van der Waals surface area (Å²) in [7, 11) is 0. The smallest absolute Gasteiger partial charge is 0.0331 e. The second-order valence-corrected chi connectivity index (χ2v) is 5.77. The van der Waals surface area contributed by atoms with Crippen molar-refractivity contribution < 1.29 is 0 Å². The molecule has 0 aromatic heterocycles. The Morgan fingerprint density at radius 3 is 2.64 bits per heavy atom. The maximum atomic E-state index is 6.22. The van der Waals surface area contributed by atoms with Crippen molar-refractivity contribution in [3.05, 3.63) is 34.3 Å². The lowest BCUT2D eigenvalue weighted by Crippen LogP contribution is -2.20. The van der Waals surface area contributed by atoms with Gasteiger partial charge in [0.15, 0.2) is 0 Å². The minimum absolute atomic E-state index is 0.220. The van der Waals surface area contributed by atoms with Crippen molar-refractivity contribution in [2.24, 2.45) is 11.7 Å². The van der Waals surface area contributed by atoms with Crippen molar-refractivity contribution in [2.45, 2.75) is 12.5 Å². The molecule has 14 heavy (non-hydrogen) atoms. The molecular formula is C11H14BrNS. The minimum Gasteiger partial charge on any atom is -0.324 e. The predicted octanol–water partition coefficient (Wildman–Crippen LogP) is 3.20. The Bertz CT molecular complexity index is 293. The summed E-state index contributed by atoms with van der Waals surface area (Å²) in [5.41, 5.74) is 7.49. The van der Waals surface area contributed by atoms with Crippen molar-refractivity contribution in [1.82, 2.24) is 0 Å². The molecule has 2 rings (SSSR count). The number of benzene rings is 1. The molecule has 76 valence electrons. The summed E-state index contributed by atoms with van der Waals surface area (Å²) < 4.78 is 1.12. The Labute approximate surface area is 97.6 Å². The molecule has 1 fully saturated rings. The molecule has 1 aromatic rings. The summed E-state index contributed by atoms with van der Waals surface area (Å²) in [6.07, 6.45) is 1.27. The number of thioether (sulfide) groups is 1. The summed E-state index contributed by atoms with van der Waals surface area (Å²) in [6.45, 7) is 0. The van der Waals surface area contributed by atoms with Gasteiger partial charge in [-0.3, -0.25) is 0 Å². The Morgan fingerprint density at radius 2 is 2.07 bits per heavy atom. The zero-order valence-corrected chi connectivity index (χ0v) is 10.4. The third-order valence-electron chi connectivity index (χ3n) is 2.73. The highest BCUT2D eigenvalue weighted by atomic mass is 79.9. The first-order valence-electron chi connectivity index (χ1n) is 4.86. The van der Waals surface area contributed by atoms with Crippen molar-refractivity contribution in [3.8, 4) is 0 Å². The third kappa shape index (κ3) is 2.33. The molecule has 0 spiro atoms. The Kier molecular flexibility index (Phi) is 3.52. The van der Waals surface area contributed by atoms with Gasteiger partial charge in [-0.15, -0.1) is 0 Å². The van der Waals surface area contributed by atoms with Crippen molar-refractivity contribution in [2.75, 3.05) is 11.5 Å². The van der Waals surface area contributed by atoms with Crippen LogP contribution >= 0.6 is 27.7 Å². The molecule has 0 saturated carbocycles. The van der Waals surface area contributed by atoms with Crippen molar-refractivity contribution in [3.63, 3.8) is 0 Å². The molecule has 1 heterocycles. The number of halogens is 1. The number of hydrogen-bond acceptors (Lipinski definition) is 2. The van der Waals surface area contributed by atoms with Gasteiger partial charge in [-0.05, 0) is 41.5 Å². The van der Waals surface area contributed by atoms with Crippen molar-refractivity contribution in [1.29, 1.82) is 0 Å². The molecule has 2 unspecified atom stereocenters. The molecule has 2 N–H and O–H groups in total. The zero-order chi connectivity index (χ0) is 9.97. The third-order valence-corrected chi connectivity index (χ3v) is 4.44.